The van der Waals surface area contributed by atoms with Crippen LogP contribution in [0.4, 0.5) is 11.5 Å². The molecule has 2 N–H and O–H groups in total. The number of anilines is 1. The summed E-state index contributed by atoms with van der Waals surface area (Å²) < 4.78 is 0.173. The van der Waals surface area contributed by atoms with Crippen LogP contribution in [0.25, 0.3) is 0 Å². The van der Waals surface area contributed by atoms with Crippen LogP contribution in [-0.4, -0.2) is 38.5 Å². The lowest BCUT2D eigenvalue weighted by atomic mass is 9.84. The smallest absolute Gasteiger partial charge is 0.342 e. The molecule has 1 saturated carbocycles. The Balaban J connectivity index is 2.15. The van der Waals surface area contributed by atoms with Gasteiger partial charge in [-0.2, -0.15) is 11.8 Å². The number of carboxylic acids is 1. The van der Waals surface area contributed by atoms with Crippen LogP contribution in [-0.2, 0) is 0 Å². The molecule has 2 rings (SSSR count). The van der Waals surface area contributed by atoms with Gasteiger partial charge < -0.3 is 10.4 Å². The van der Waals surface area contributed by atoms with Crippen LogP contribution in [0.5, 0.6) is 0 Å². The molecular weight excluding hydrogens is 282 g/mol. The number of aromatic carboxylic acids is 1. The zero-order chi connectivity index (χ0) is 14.8. The van der Waals surface area contributed by atoms with Crippen molar-refractivity contribution in [2.75, 3.05) is 18.1 Å². The number of nitrogens with one attached hydrogen (secondary N) is 1. The molecule has 1 fully saturated rings. The topological polar surface area (TPSA) is 105 Å². The molecule has 0 aliphatic heterocycles. The molecule has 1 aliphatic carbocycles. The molecule has 0 saturated heterocycles. The highest BCUT2D eigenvalue weighted by molar-refractivity contribution is 8.00. The third-order valence-corrected chi connectivity index (χ3v) is 5.02. The summed E-state index contributed by atoms with van der Waals surface area (Å²) in [6.07, 6.45) is 6.45. The first kappa shape index (κ1) is 14.6. The van der Waals surface area contributed by atoms with Gasteiger partial charge in [-0.15, -0.1) is 0 Å². The molecule has 1 aromatic heterocycles. The molecule has 0 amide bonds. The predicted molar refractivity (Wildman–Crippen MR) is 76.4 cm³/mol. The van der Waals surface area contributed by atoms with Crippen molar-refractivity contribution >= 4 is 29.2 Å². The van der Waals surface area contributed by atoms with Crippen LogP contribution >= 0.6 is 11.8 Å². The van der Waals surface area contributed by atoms with E-state index in [0.717, 1.165) is 19.0 Å². The Morgan fingerprint density at radius 3 is 2.80 bits per heavy atom. The second-order valence-corrected chi connectivity index (χ2v) is 6.02. The maximum Gasteiger partial charge on any atom is 0.342 e. The van der Waals surface area contributed by atoms with E-state index in [2.05, 4.69) is 10.3 Å². The molecule has 8 heteroatoms. The standard InChI is InChI=1S/C12H15N3O4S/c1-20-12(3-2-4-12)7-14-10-5-8(11(16)17)9(6-13-10)15(18)19/h5-6H,2-4,7H2,1H3,(H,13,14)(H,16,17). The van der Waals surface area contributed by atoms with Crippen molar-refractivity contribution in [3.8, 4) is 0 Å². The van der Waals surface area contributed by atoms with Crippen molar-refractivity contribution in [3.63, 3.8) is 0 Å². The Kier molecular flexibility index (Phi) is 4.12. The minimum atomic E-state index is -1.33. The highest BCUT2D eigenvalue weighted by Crippen LogP contribution is 2.42. The van der Waals surface area contributed by atoms with E-state index in [0.29, 0.717) is 12.4 Å². The van der Waals surface area contributed by atoms with Gasteiger partial charge in [-0.3, -0.25) is 10.1 Å². The Morgan fingerprint density at radius 1 is 1.65 bits per heavy atom. The van der Waals surface area contributed by atoms with Crippen molar-refractivity contribution < 1.29 is 14.8 Å². The fourth-order valence-electron chi connectivity index (χ4n) is 2.14. The number of nitro groups is 1. The first-order valence-electron chi connectivity index (χ1n) is 6.14. The van der Waals surface area contributed by atoms with Gasteiger partial charge in [-0.1, -0.05) is 6.42 Å². The van der Waals surface area contributed by atoms with E-state index in [-0.39, 0.29) is 10.3 Å². The van der Waals surface area contributed by atoms with Gasteiger partial charge in [-0.05, 0) is 19.1 Å². The maximum atomic E-state index is 11.0. The van der Waals surface area contributed by atoms with E-state index in [1.54, 1.807) is 11.8 Å². The minimum Gasteiger partial charge on any atom is -0.477 e. The number of thioether (sulfide) groups is 1. The van der Waals surface area contributed by atoms with E-state index >= 15 is 0 Å². The molecule has 20 heavy (non-hydrogen) atoms. The van der Waals surface area contributed by atoms with Gasteiger partial charge in [0.25, 0.3) is 0 Å². The van der Waals surface area contributed by atoms with Gasteiger partial charge in [0.1, 0.15) is 17.6 Å². The Morgan fingerprint density at radius 2 is 2.35 bits per heavy atom. The number of carboxylic acid groups (broad SMARTS) is 1. The van der Waals surface area contributed by atoms with Gasteiger partial charge in [-0.25, -0.2) is 9.78 Å². The van der Waals surface area contributed by atoms with Gasteiger partial charge in [0.05, 0.1) is 4.92 Å². The zero-order valence-electron chi connectivity index (χ0n) is 11.0. The van der Waals surface area contributed by atoms with Crippen molar-refractivity contribution in [3.05, 3.63) is 27.9 Å². The van der Waals surface area contributed by atoms with Crippen molar-refractivity contribution in [1.29, 1.82) is 0 Å². The van der Waals surface area contributed by atoms with Crippen LogP contribution < -0.4 is 5.32 Å². The number of pyridine rings is 1. The van der Waals surface area contributed by atoms with Gasteiger partial charge in [0.2, 0.25) is 0 Å². The van der Waals surface area contributed by atoms with E-state index in [9.17, 15) is 14.9 Å². The Bertz CT molecular complexity index is 540. The summed E-state index contributed by atoms with van der Waals surface area (Å²) in [6.45, 7) is 0.679. The summed E-state index contributed by atoms with van der Waals surface area (Å²) in [5, 5.41) is 22.8. The fraction of sp³-hybridized carbons (Fsp3) is 0.500. The highest BCUT2D eigenvalue weighted by Gasteiger charge is 2.36. The number of nitrogens with zero attached hydrogens (tertiary/aromatic N) is 2. The molecule has 7 nitrogen and oxygen atoms in total. The number of hydrogen-bond donors (Lipinski definition) is 2. The molecule has 1 heterocycles. The second kappa shape index (κ2) is 5.66. The molecular formula is C12H15N3O4S. The fourth-order valence-corrected chi connectivity index (χ4v) is 3.05. The van der Waals surface area contributed by atoms with Gasteiger partial charge in [0, 0.05) is 17.4 Å². The van der Waals surface area contributed by atoms with Crippen LogP contribution in [0.1, 0.15) is 29.6 Å². The summed E-state index contributed by atoms with van der Waals surface area (Å²) in [5.41, 5.74) is -0.842. The summed E-state index contributed by atoms with van der Waals surface area (Å²) in [6, 6.07) is 1.22. The third kappa shape index (κ3) is 2.84. The highest BCUT2D eigenvalue weighted by atomic mass is 32.2. The molecule has 0 aromatic carbocycles. The average Bonchev–Trinajstić information content (AvgIpc) is 2.37. The summed E-state index contributed by atoms with van der Waals surface area (Å²) in [7, 11) is 0. The number of rotatable bonds is 6. The lowest BCUT2D eigenvalue weighted by molar-refractivity contribution is -0.385. The van der Waals surface area contributed by atoms with Gasteiger partial charge >= 0.3 is 11.7 Å². The SMILES string of the molecule is CSC1(CNc2cc(C(=O)O)c([N+](=O)[O-])cn2)CCC1. The van der Waals surface area contributed by atoms with E-state index in [1.807, 2.05) is 6.26 Å². The molecule has 0 spiro atoms. The van der Waals surface area contributed by atoms with Crippen molar-refractivity contribution in [1.82, 2.24) is 4.98 Å². The maximum absolute atomic E-state index is 11.0. The van der Waals surface area contributed by atoms with Crippen LogP contribution in [0.2, 0.25) is 0 Å². The van der Waals surface area contributed by atoms with Crippen LogP contribution in [0.3, 0.4) is 0 Å². The van der Waals surface area contributed by atoms with E-state index in [4.69, 9.17) is 5.11 Å². The monoisotopic (exact) mass is 297 g/mol. The van der Waals surface area contributed by atoms with Crippen molar-refractivity contribution in [2.24, 2.45) is 0 Å². The zero-order valence-corrected chi connectivity index (χ0v) is 11.8. The van der Waals surface area contributed by atoms with Crippen LogP contribution in [0.15, 0.2) is 12.3 Å². The largest absolute Gasteiger partial charge is 0.477 e. The number of hydrogen-bond acceptors (Lipinski definition) is 6. The summed E-state index contributed by atoms with van der Waals surface area (Å²) in [4.78, 5) is 24.9. The Labute approximate surface area is 119 Å². The molecule has 0 bridgehead atoms. The average molecular weight is 297 g/mol. The molecule has 1 aliphatic rings. The van der Waals surface area contributed by atoms with E-state index in [1.165, 1.54) is 12.5 Å². The third-order valence-electron chi connectivity index (χ3n) is 3.60. The first-order chi connectivity index (χ1) is 9.47. The minimum absolute atomic E-state index is 0.173. The summed E-state index contributed by atoms with van der Waals surface area (Å²) >= 11 is 1.78. The molecule has 1 aromatic rings. The lowest BCUT2D eigenvalue weighted by Gasteiger charge is -2.40. The molecule has 0 unspecified atom stereocenters. The molecule has 0 atom stereocenters. The number of aromatic nitrogens is 1. The summed E-state index contributed by atoms with van der Waals surface area (Å²) in [5.74, 6) is -0.973. The normalized spacial score (nSPS) is 16.2. The van der Waals surface area contributed by atoms with E-state index < -0.39 is 16.6 Å². The van der Waals surface area contributed by atoms with Crippen LogP contribution in [0, 0.1) is 10.1 Å². The Hall–Kier alpha value is -1.83. The quantitative estimate of drug-likeness (QED) is 0.613. The molecule has 0 radical (unpaired) electrons. The van der Waals surface area contributed by atoms with Gasteiger partial charge in [0.15, 0.2) is 0 Å². The number of carbonyl (C=O) groups is 1. The first-order valence-corrected chi connectivity index (χ1v) is 7.37. The molecule has 108 valence electrons. The lowest BCUT2D eigenvalue weighted by Crippen LogP contribution is -2.40. The predicted octanol–water partition coefficient (Wildman–Crippen LogP) is 2.39. The van der Waals surface area contributed by atoms with Crippen molar-refractivity contribution in [2.45, 2.75) is 24.0 Å². The second-order valence-electron chi connectivity index (χ2n) is 4.74.